The van der Waals surface area contributed by atoms with Crippen LogP contribution in [0.2, 0.25) is 0 Å². The maximum atomic E-state index is 11.7. The summed E-state index contributed by atoms with van der Waals surface area (Å²) in [6, 6.07) is 0.382. The van der Waals surface area contributed by atoms with Crippen LogP contribution < -0.4 is 10.6 Å². The van der Waals surface area contributed by atoms with Gasteiger partial charge in [-0.15, -0.1) is 6.42 Å². The molecule has 0 bridgehead atoms. The van der Waals surface area contributed by atoms with Crippen LogP contribution in [0.1, 0.15) is 51.9 Å². The molecular weight excluding hydrogens is 212 g/mol. The molecule has 1 fully saturated rings. The van der Waals surface area contributed by atoms with E-state index in [0.717, 1.165) is 19.3 Å². The van der Waals surface area contributed by atoms with Crippen LogP contribution in [0.15, 0.2) is 0 Å². The Bertz CT molecular complexity index is 262. The van der Waals surface area contributed by atoms with E-state index >= 15 is 0 Å². The minimum atomic E-state index is 0.00915. The lowest BCUT2D eigenvalue weighted by Gasteiger charge is -2.17. The van der Waals surface area contributed by atoms with Crippen molar-refractivity contribution >= 4 is 5.91 Å². The van der Waals surface area contributed by atoms with Gasteiger partial charge in [0, 0.05) is 6.04 Å². The van der Waals surface area contributed by atoms with E-state index in [1.807, 2.05) is 6.92 Å². The van der Waals surface area contributed by atoms with Gasteiger partial charge in [-0.1, -0.05) is 38.5 Å². The van der Waals surface area contributed by atoms with E-state index in [4.69, 9.17) is 6.42 Å². The average Bonchev–Trinajstić information content (AvgIpc) is 2.59. The van der Waals surface area contributed by atoms with Gasteiger partial charge in [0.25, 0.3) is 0 Å². The van der Waals surface area contributed by atoms with E-state index < -0.39 is 0 Å². The summed E-state index contributed by atoms with van der Waals surface area (Å²) in [4.78, 5) is 11.7. The number of nitrogens with one attached hydrogen (secondary N) is 2. The average molecular weight is 236 g/mol. The summed E-state index contributed by atoms with van der Waals surface area (Å²) in [7, 11) is 0. The van der Waals surface area contributed by atoms with Crippen LogP contribution in [0.25, 0.3) is 0 Å². The summed E-state index contributed by atoms with van der Waals surface area (Å²) in [6.45, 7) is 2.35. The minimum Gasteiger partial charge on any atom is -0.352 e. The first-order valence-corrected chi connectivity index (χ1v) is 6.75. The number of carbonyl (C=O) groups excluding carboxylic acids is 1. The summed E-state index contributed by atoms with van der Waals surface area (Å²) < 4.78 is 0. The molecule has 0 aromatic rings. The summed E-state index contributed by atoms with van der Waals surface area (Å²) in [5.41, 5.74) is 0. The zero-order valence-corrected chi connectivity index (χ0v) is 10.8. The van der Waals surface area contributed by atoms with Crippen LogP contribution in [-0.4, -0.2) is 24.5 Å². The second-order valence-electron chi connectivity index (χ2n) is 4.76. The lowest BCUT2D eigenvalue weighted by atomic mass is 10.1. The molecule has 1 aliphatic rings. The molecule has 1 atom stereocenters. The van der Waals surface area contributed by atoms with Gasteiger partial charge in [-0.25, -0.2) is 0 Å². The summed E-state index contributed by atoms with van der Waals surface area (Å²) in [6.07, 6.45) is 13.5. The number of carbonyl (C=O) groups is 1. The Labute approximate surface area is 105 Å². The van der Waals surface area contributed by atoms with E-state index in [2.05, 4.69) is 16.6 Å². The first-order valence-electron chi connectivity index (χ1n) is 6.75. The largest absolute Gasteiger partial charge is 0.352 e. The van der Waals surface area contributed by atoms with E-state index in [-0.39, 0.29) is 11.9 Å². The van der Waals surface area contributed by atoms with Gasteiger partial charge in [0.05, 0.1) is 12.6 Å². The fourth-order valence-corrected chi connectivity index (χ4v) is 2.24. The SMILES string of the molecule is C#CC(CC)NCC(=O)NC1CCCCCC1. The summed E-state index contributed by atoms with van der Waals surface area (Å²) in [5, 5.41) is 6.17. The Morgan fingerprint density at radius 1 is 1.35 bits per heavy atom. The van der Waals surface area contributed by atoms with Gasteiger partial charge in [0.2, 0.25) is 5.91 Å². The van der Waals surface area contributed by atoms with Gasteiger partial charge in [0.15, 0.2) is 0 Å². The quantitative estimate of drug-likeness (QED) is 0.565. The predicted molar refractivity (Wildman–Crippen MR) is 70.5 cm³/mol. The van der Waals surface area contributed by atoms with Crippen molar-refractivity contribution < 1.29 is 4.79 Å². The molecule has 96 valence electrons. The van der Waals surface area contributed by atoms with E-state index in [9.17, 15) is 4.79 Å². The van der Waals surface area contributed by atoms with Crippen LogP contribution in [0.5, 0.6) is 0 Å². The smallest absolute Gasteiger partial charge is 0.234 e. The Morgan fingerprint density at radius 3 is 2.53 bits per heavy atom. The third kappa shape index (κ3) is 5.74. The van der Waals surface area contributed by atoms with Gasteiger partial charge in [-0.05, 0) is 19.3 Å². The second kappa shape index (κ2) is 8.14. The maximum absolute atomic E-state index is 11.7. The molecule has 0 aromatic heterocycles. The second-order valence-corrected chi connectivity index (χ2v) is 4.76. The van der Waals surface area contributed by atoms with E-state index in [1.165, 1.54) is 25.7 Å². The Kier molecular flexibility index (Phi) is 6.73. The Balaban J connectivity index is 2.21. The summed E-state index contributed by atoms with van der Waals surface area (Å²) >= 11 is 0. The molecule has 3 nitrogen and oxygen atoms in total. The monoisotopic (exact) mass is 236 g/mol. The van der Waals surface area contributed by atoms with Crippen molar-refractivity contribution in [2.75, 3.05) is 6.54 Å². The van der Waals surface area contributed by atoms with E-state index in [0.29, 0.717) is 12.6 Å². The molecular formula is C14H24N2O. The lowest BCUT2D eigenvalue weighted by Crippen LogP contribution is -2.42. The summed E-state index contributed by atoms with van der Waals surface area (Å²) in [5.74, 6) is 2.70. The van der Waals surface area contributed by atoms with Crippen molar-refractivity contribution in [3.05, 3.63) is 0 Å². The number of amides is 1. The topological polar surface area (TPSA) is 41.1 Å². The molecule has 0 saturated heterocycles. The first kappa shape index (κ1) is 14.1. The van der Waals surface area contributed by atoms with Gasteiger partial charge in [0.1, 0.15) is 0 Å². The fourth-order valence-electron chi connectivity index (χ4n) is 2.24. The third-order valence-electron chi connectivity index (χ3n) is 3.34. The zero-order valence-electron chi connectivity index (χ0n) is 10.8. The van der Waals surface area contributed by atoms with Crippen molar-refractivity contribution in [1.82, 2.24) is 10.6 Å². The van der Waals surface area contributed by atoms with Crippen LogP contribution in [0.3, 0.4) is 0 Å². The standard InChI is InChI=1S/C14H24N2O/c1-3-12(4-2)15-11-14(17)16-13-9-7-5-6-8-10-13/h1,12-13,15H,4-11H2,2H3,(H,16,17). The van der Waals surface area contributed by atoms with Crippen LogP contribution in [0.4, 0.5) is 0 Å². The molecule has 0 heterocycles. The van der Waals surface area contributed by atoms with E-state index in [1.54, 1.807) is 0 Å². The van der Waals surface area contributed by atoms with Gasteiger partial charge in [-0.3, -0.25) is 10.1 Å². The van der Waals surface area contributed by atoms with Crippen molar-refractivity contribution in [3.8, 4) is 12.3 Å². The number of hydrogen-bond acceptors (Lipinski definition) is 2. The van der Waals surface area contributed by atoms with Crippen molar-refractivity contribution in [3.63, 3.8) is 0 Å². The lowest BCUT2D eigenvalue weighted by molar-refractivity contribution is -0.121. The molecule has 1 unspecified atom stereocenters. The predicted octanol–water partition coefficient (Wildman–Crippen LogP) is 1.83. The molecule has 0 aromatic carbocycles. The Hall–Kier alpha value is -1.01. The number of rotatable bonds is 5. The molecule has 0 spiro atoms. The molecule has 2 N–H and O–H groups in total. The van der Waals surface area contributed by atoms with Crippen LogP contribution in [-0.2, 0) is 4.79 Å². The highest BCUT2D eigenvalue weighted by atomic mass is 16.1. The van der Waals surface area contributed by atoms with Crippen LogP contribution >= 0.6 is 0 Å². The van der Waals surface area contributed by atoms with Crippen LogP contribution in [0, 0.1) is 12.3 Å². The highest BCUT2D eigenvalue weighted by molar-refractivity contribution is 5.78. The molecule has 1 saturated carbocycles. The number of terminal acetylenes is 1. The molecule has 3 heteroatoms. The molecule has 0 radical (unpaired) electrons. The Morgan fingerprint density at radius 2 is 2.00 bits per heavy atom. The van der Waals surface area contributed by atoms with Crippen molar-refractivity contribution in [2.24, 2.45) is 0 Å². The molecule has 1 amide bonds. The van der Waals surface area contributed by atoms with Gasteiger partial charge < -0.3 is 5.32 Å². The fraction of sp³-hybridized carbons (Fsp3) is 0.786. The van der Waals surface area contributed by atoms with Crippen molar-refractivity contribution in [2.45, 2.75) is 64.0 Å². The molecule has 17 heavy (non-hydrogen) atoms. The van der Waals surface area contributed by atoms with Crippen molar-refractivity contribution in [1.29, 1.82) is 0 Å². The third-order valence-corrected chi connectivity index (χ3v) is 3.34. The molecule has 1 aliphatic carbocycles. The normalized spacial score (nSPS) is 19.1. The first-order chi connectivity index (χ1) is 8.26. The van der Waals surface area contributed by atoms with Gasteiger partial charge in [-0.2, -0.15) is 0 Å². The molecule has 0 aliphatic heterocycles. The number of hydrogen-bond donors (Lipinski definition) is 2. The maximum Gasteiger partial charge on any atom is 0.234 e. The molecule has 1 rings (SSSR count). The zero-order chi connectivity index (χ0) is 12.5. The minimum absolute atomic E-state index is 0.00915. The van der Waals surface area contributed by atoms with Gasteiger partial charge >= 0.3 is 0 Å². The highest BCUT2D eigenvalue weighted by Gasteiger charge is 2.14. The highest BCUT2D eigenvalue weighted by Crippen LogP contribution is 2.16.